The Morgan fingerprint density at radius 2 is 1.89 bits per heavy atom. The number of halogens is 3. The number of carbonyl (C=O) groups excluding carboxylic acids is 1. The number of nitrogens with one attached hydrogen (secondary N) is 1. The summed E-state index contributed by atoms with van der Waals surface area (Å²) in [6, 6.07) is 13.4. The number of nitriles is 1. The summed E-state index contributed by atoms with van der Waals surface area (Å²) in [5.41, 5.74) is 5.21. The average Bonchev–Trinajstić information content (AvgIpc) is 3.35. The second kappa shape index (κ2) is 11.3. The molecule has 0 aliphatic carbocycles. The van der Waals surface area contributed by atoms with Crippen LogP contribution in [0.2, 0.25) is 0 Å². The van der Waals surface area contributed by atoms with Crippen LogP contribution in [0.1, 0.15) is 48.1 Å². The molecule has 7 rings (SSSR count). The molecule has 2 aromatic carbocycles. The van der Waals surface area contributed by atoms with Gasteiger partial charge >= 0.3 is 6.18 Å². The number of piperidine rings is 2. The quantitative estimate of drug-likeness (QED) is 0.308. The van der Waals surface area contributed by atoms with Crippen LogP contribution in [0.3, 0.4) is 0 Å². The number of amides is 1. The van der Waals surface area contributed by atoms with Gasteiger partial charge in [-0.25, -0.2) is 9.97 Å². The molecule has 11 heteroatoms. The van der Waals surface area contributed by atoms with Gasteiger partial charge in [0.1, 0.15) is 23.9 Å². The van der Waals surface area contributed by atoms with Crippen molar-refractivity contribution in [2.45, 2.75) is 58.3 Å². The lowest BCUT2D eigenvalue weighted by Gasteiger charge is -2.54. The Bertz CT molecular complexity index is 1810. The molecular formula is C34H36F3N7O. The van der Waals surface area contributed by atoms with Gasteiger partial charge in [0.15, 0.2) is 0 Å². The Kier molecular flexibility index (Phi) is 7.43. The van der Waals surface area contributed by atoms with Crippen LogP contribution < -0.4 is 10.2 Å². The first-order chi connectivity index (χ1) is 21.6. The minimum atomic E-state index is -4.26. The van der Waals surface area contributed by atoms with E-state index < -0.39 is 12.6 Å². The number of anilines is 1. The van der Waals surface area contributed by atoms with Crippen LogP contribution in [0.15, 0.2) is 42.7 Å². The fourth-order valence-electron chi connectivity index (χ4n) is 7.59. The van der Waals surface area contributed by atoms with Gasteiger partial charge in [0.25, 0.3) is 0 Å². The predicted octanol–water partition coefficient (Wildman–Crippen LogP) is 5.50. The minimum Gasteiger partial charge on any atom is -0.356 e. The Balaban J connectivity index is 1.01. The van der Waals surface area contributed by atoms with Gasteiger partial charge in [-0.05, 0) is 86.1 Å². The van der Waals surface area contributed by atoms with Crippen molar-refractivity contribution >= 4 is 33.5 Å². The molecule has 1 amide bonds. The van der Waals surface area contributed by atoms with E-state index >= 15 is 0 Å². The normalized spacial score (nSPS) is 20.4. The van der Waals surface area contributed by atoms with Crippen molar-refractivity contribution < 1.29 is 18.0 Å². The van der Waals surface area contributed by atoms with Crippen molar-refractivity contribution in [2.24, 2.45) is 11.3 Å². The lowest BCUT2D eigenvalue weighted by molar-refractivity contribution is -0.127. The molecule has 1 unspecified atom stereocenters. The lowest BCUT2D eigenvalue weighted by Crippen LogP contribution is -2.60. The maximum atomic E-state index is 13.0. The summed E-state index contributed by atoms with van der Waals surface area (Å²) in [5.74, 6) is 1.03. The van der Waals surface area contributed by atoms with Crippen LogP contribution in [0, 0.1) is 29.6 Å². The Labute approximate surface area is 259 Å². The summed E-state index contributed by atoms with van der Waals surface area (Å²) in [5, 5.41) is 14.6. The summed E-state index contributed by atoms with van der Waals surface area (Å²) >= 11 is 0. The third-order valence-corrected chi connectivity index (χ3v) is 10.1. The third-order valence-electron chi connectivity index (χ3n) is 10.1. The zero-order chi connectivity index (χ0) is 31.3. The number of likely N-dealkylation sites (tertiary alicyclic amines) is 1. The molecule has 5 heterocycles. The van der Waals surface area contributed by atoms with E-state index in [4.69, 9.17) is 0 Å². The smallest absolute Gasteiger partial charge is 0.356 e. The van der Waals surface area contributed by atoms with Crippen molar-refractivity contribution in [2.75, 3.05) is 37.6 Å². The van der Waals surface area contributed by atoms with Gasteiger partial charge in [-0.1, -0.05) is 12.1 Å². The average molecular weight is 616 g/mol. The molecule has 3 aliphatic rings. The second-order valence-electron chi connectivity index (χ2n) is 13.2. The van der Waals surface area contributed by atoms with Gasteiger partial charge in [0, 0.05) is 60.8 Å². The summed E-state index contributed by atoms with van der Waals surface area (Å²) in [7, 11) is 0. The van der Waals surface area contributed by atoms with E-state index in [0.717, 1.165) is 68.7 Å². The number of carbonyl (C=O) groups is 1. The van der Waals surface area contributed by atoms with E-state index in [-0.39, 0.29) is 22.8 Å². The molecule has 45 heavy (non-hydrogen) atoms. The molecule has 3 saturated heterocycles. The maximum absolute atomic E-state index is 13.0. The molecule has 0 saturated carbocycles. The van der Waals surface area contributed by atoms with Crippen molar-refractivity contribution in [1.29, 1.82) is 5.26 Å². The van der Waals surface area contributed by atoms with Crippen molar-refractivity contribution in [3.05, 3.63) is 65.1 Å². The highest BCUT2D eigenvalue weighted by Crippen LogP contribution is 2.44. The van der Waals surface area contributed by atoms with Gasteiger partial charge < -0.3 is 14.8 Å². The Hall–Kier alpha value is -4.17. The SMILES string of the molecule is Cc1c(CN2CCC3(CC2)CN(c2ncnc4ccc(CC(F)(F)F)cc24)C3)ccc2c1cc(C#N)n2CC1CCNC(=O)C1. The summed E-state index contributed by atoms with van der Waals surface area (Å²) in [6.45, 7) is 7.97. The monoisotopic (exact) mass is 615 g/mol. The van der Waals surface area contributed by atoms with Gasteiger partial charge in [-0.2, -0.15) is 18.4 Å². The molecule has 1 atom stereocenters. The molecule has 1 spiro atoms. The second-order valence-corrected chi connectivity index (χ2v) is 13.2. The predicted molar refractivity (Wildman–Crippen MR) is 166 cm³/mol. The summed E-state index contributed by atoms with van der Waals surface area (Å²) < 4.78 is 41.2. The summed E-state index contributed by atoms with van der Waals surface area (Å²) in [6.07, 6.45) is -0.212. The molecular weight excluding hydrogens is 579 g/mol. The fourth-order valence-corrected chi connectivity index (χ4v) is 7.59. The highest BCUT2D eigenvalue weighted by molar-refractivity contribution is 5.90. The topological polar surface area (TPSA) is 90.1 Å². The third kappa shape index (κ3) is 5.84. The molecule has 1 N–H and O–H groups in total. The number of nitrogens with zero attached hydrogens (tertiary/aromatic N) is 6. The molecule has 4 aromatic rings. The minimum absolute atomic E-state index is 0.0820. The zero-order valence-corrected chi connectivity index (χ0v) is 25.3. The van der Waals surface area contributed by atoms with E-state index in [0.29, 0.717) is 36.1 Å². The van der Waals surface area contributed by atoms with Gasteiger partial charge in [-0.3, -0.25) is 9.69 Å². The van der Waals surface area contributed by atoms with Gasteiger partial charge in [-0.15, -0.1) is 0 Å². The first-order valence-corrected chi connectivity index (χ1v) is 15.7. The van der Waals surface area contributed by atoms with Crippen LogP contribution in [-0.4, -0.2) is 64.2 Å². The molecule has 0 radical (unpaired) electrons. The lowest BCUT2D eigenvalue weighted by atomic mass is 9.72. The van der Waals surface area contributed by atoms with E-state index in [1.807, 2.05) is 6.07 Å². The number of alkyl halides is 3. The molecule has 2 aromatic heterocycles. The van der Waals surface area contributed by atoms with E-state index in [9.17, 15) is 23.2 Å². The van der Waals surface area contributed by atoms with E-state index in [2.05, 4.69) is 54.8 Å². The van der Waals surface area contributed by atoms with Crippen LogP contribution in [0.4, 0.5) is 19.0 Å². The summed E-state index contributed by atoms with van der Waals surface area (Å²) in [4.78, 5) is 25.4. The van der Waals surface area contributed by atoms with Gasteiger partial charge in [0.2, 0.25) is 5.91 Å². The first kappa shape index (κ1) is 29.5. The van der Waals surface area contributed by atoms with E-state index in [1.165, 1.54) is 23.5 Å². The first-order valence-electron chi connectivity index (χ1n) is 15.7. The van der Waals surface area contributed by atoms with E-state index in [1.54, 1.807) is 12.1 Å². The number of rotatable bonds is 6. The molecule has 3 aliphatic heterocycles. The number of fused-ring (bicyclic) bond motifs is 2. The molecule has 8 nitrogen and oxygen atoms in total. The maximum Gasteiger partial charge on any atom is 0.393 e. The zero-order valence-electron chi connectivity index (χ0n) is 25.3. The van der Waals surface area contributed by atoms with Crippen LogP contribution in [0.25, 0.3) is 21.8 Å². The molecule has 0 bridgehead atoms. The van der Waals surface area contributed by atoms with Crippen molar-refractivity contribution in [1.82, 2.24) is 24.8 Å². The number of hydrogen-bond donors (Lipinski definition) is 1. The highest BCUT2D eigenvalue weighted by atomic mass is 19.4. The van der Waals surface area contributed by atoms with Crippen LogP contribution in [-0.2, 0) is 24.3 Å². The largest absolute Gasteiger partial charge is 0.393 e. The number of aryl methyl sites for hydroxylation is 1. The standard InChI is InChI=1S/C34H36F3N7O/c1-22-25(3-5-30-27(22)14-26(16-38)44(30)17-24-6-9-39-31(45)13-24)18-42-10-7-33(8-11-42)19-43(20-33)32-28-12-23(15-34(35,36)37)2-4-29(28)40-21-41-32/h2-5,12,14,21,24H,6-11,13,15,17-20H2,1H3,(H,39,45). The van der Waals surface area contributed by atoms with Crippen LogP contribution >= 0.6 is 0 Å². The van der Waals surface area contributed by atoms with Gasteiger partial charge in [0.05, 0.1) is 11.9 Å². The highest BCUT2D eigenvalue weighted by Gasteiger charge is 2.45. The Morgan fingerprint density at radius 1 is 1.09 bits per heavy atom. The molecule has 234 valence electrons. The Morgan fingerprint density at radius 3 is 2.62 bits per heavy atom. The number of hydrogen-bond acceptors (Lipinski definition) is 6. The number of aromatic nitrogens is 3. The van der Waals surface area contributed by atoms with Crippen LogP contribution in [0.5, 0.6) is 0 Å². The van der Waals surface area contributed by atoms with Crippen molar-refractivity contribution in [3.8, 4) is 6.07 Å². The van der Waals surface area contributed by atoms with Crippen molar-refractivity contribution in [3.63, 3.8) is 0 Å². The number of benzene rings is 2. The fraction of sp³-hybridized carbons (Fsp3) is 0.471. The molecule has 3 fully saturated rings.